The van der Waals surface area contributed by atoms with E-state index in [4.69, 9.17) is 16.3 Å². The Kier molecular flexibility index (Phi) is 6.78. The zero-order valence-electron chi connectivity index (χ0n) is 15.2. The van der Waals surface area contributed by atoms with Crippen molar-refractivity contribution in [3.63, 3.8) is 0 Å². The van der Waals surface area contributed by atoms with E-state index in [-0.39, 0.29) is 11.8 Å². The number of hydrogen-bond acceptors (Lipinski definition) is 3. The molecule has 2 heterocycles. The molecule has 0 aliphatic carbocycles. The topological polar surface area (TPSA) is 49.9 Å². The minimum Gasteiger partial charge on any atom is -0.493 e. The number of nitrogens with zero attached hydrogens (tertiary/aromatic N) is 2. The van der Waals surface area contributed by atoms with Gasteiger partial charge in [0.15, 0.2) is 0 Å². The van der Waals surface area contributed by atoms with Gasteiger partial charge in [-0.1, -0.05) is 17.7 Å². The van der Waals surface area contributed by atoms with Crippen LogP contribution in [0.2, 0.25) is 5.02 Å². The van der Waals surface area contributed by atoms with Gasteiger partial charge in [0, 0.05) is 37.1 Å². The second-order valence-corrected chi connectivity index (χ2v) is 7.53. The van der Waals surface area contributed by atoms with E-state index in [2.05, 4.69) is 0 Å². The Morgan fingerprint density at radius 2 is 1.77 bits per heavy atom. The molecule has 0 unspecified atom stereocenters. The molecule has 2 saturated heterocycles. The highest BCUT2D eigenvalue weighted by Gasteiger charge is 2.30. The van der Waals surface area contributed by atoms with Crippen molar-refractivity contribution in [2.75, 3.05) is 32.8 Å². The molecule has 0 atom stereocenters. The van der Waals surface area contributed by atoms with Gasteiger partial charge in [-0.15, -0.1) is 0 Å². The normalized spacial score (nSPS) is 18.7. The van der Waals surface area contributed by atoms with E-state index in [0.29, 0.717) is 42.8 Å². The van der Waals surface area contributed by atoms with Crippen molar-refractivity contribution in [3.05, 3.63) is 29.3 Å². The summed E-state index contributed by atoms with van der Waals surface area (Å²) >= 11 is 5.92. The molecule has 2 aliphatic rings. The van der Waals surface area contributed by atoms with Crippen LogP contribution in [0.5, 0.6) is 5.75 Å². The van der Waals surface area contributed by atoms with Gasteiger partial charge in [0.25, 0.3) is 0 Å². The summed E-state index contributed by atoms with van der Waals surface area (Å²) < 4.78 is 5.59. The van der Waals surface area contributed by atoms with E-state index in [0.717, 1.165) is 38.8 Å². The van der Waals surface area contributed by atoms with Crippen molar-refractivity contribution >= 4 is 23.4 Å². The van der Waals surface area contributed by atoms with Crippen LogP contribution >= 0.6 is 11.6 Å². The molecule has 2 fully saturated rings. The molecule has 6 heteroatoms. The summed E-state index contributed by atoms with van der Waals surface area (Å²) in [6.07, 6.45) is 5.36. The van der Waals surface area contributed by atoms with Gasteiger partial charge >= 0.3 is 0 Å². The lowest BCUT2D eigenvalue weighted by molar-refractivity contribution is -0.141. The van der Waals surface area contributed by atoms with Gasteiger partial charge in [0.05, 0.1) is 13.0 Å². The van der Waals surface area contributed by atoms with E-state index in [1.165, 1.54) is 6.42 Å². The van der Waals surface area contributed by atoms with E-state index >= 15 is 0 Å². The molecule has 5 nitrogen and oxygen atoms in total. The average Bonchev–Trinajstić information content (AvgIpc) is 2.68. The Morgan fingerprint density at radius 3 is 2.46 bits per heavy atom. The minimum absolute atomic E-state index is 0.0832. The van der Waals surface area contributed by atoms with Crippen LogP contribution in [0.1, 0.15) is 38.5 Å². The zero-order chi connectivity index (χ0) is 18.4. The van der Waals surface area contributed by atoms with Gasteiger partial charge in [0.2, 0.25) is 11.8 Å². The Hall–Kier alpha value is -1.75. The maximum Gasteiger partial charge on any atom is 0.225 e. The summed E-state index contributed by atoms with van der Waals surface area (Å²) in [6.45, 7) is 3.48. The Morgan fingerprint density at radius 1 is 1.04 bits per heavy atom. The number of ether oxygens (including phenoxy) is 1. The molecule has 1 aromatic carbocycles. The van der Waals surface area contributed by atoms with Crippen LogP contribution < -0.4 is 4.74 Å². The lowest BCUT2D eigenvalue weighted by Gasteiger charge is -2.35. The first kappa shape index (κ1) is 19.0. The van der Waals surface area contributed by atoms with Gasteiger partial charge in [-0.25, -0.2) is 0 Å². The standard InChI is InChI=1S/C20H27ClN2O3/c21-17-5-4-6-18(15-17)26-14-9-19(24)22-12-7-16(8-13-22)20(25)23-10-2-1-3-11-23/h4-6,15-16H,1-3,7-14H2. The lowest BCUT2D eigenvalue weighted by Crippen LogP contribution is -2.45. The molecule has 0 spiro atoms. The number of carbonyl (C=O) groups excluding carboxylic acids is 2. The smallest absolute Gasteiger partial charge is 0.225 e. The summed E-state index contributed by atoms with van der Waals surface area (Å²) in [7, 11) is 0. The summed E-state index contributed by atoms with van der Waals surface area (Å²) in [5.41, 5.74) is 0. The zero-order valence-corrected chi connectivity index (χ0v) is 15.9. The second-order valence-electron chi connectivity index (χ2n) is 7.10. The van der Waals surface area contributed by atoms with E-state index in [9.17, 15) is 9.59 Å². The van der Waals surface area contributed by atoms with Crippen molar-refractivity contribution in [1.29, 1.82) is 0 Å². The highest BCUT2D eigenvalue weighted by molar-refractivity contribution is 6.30. The van der Waals surface area contributed by atoms with E-state index in [1.807, 2.05) is 21.9 Å². The predicted molar refractivity (Wildman–Crippen MR) is 101 cm³/mol. The first-order valence-electron chi connectivity index (χ1n) is 9.58. The van der Waals surface area contributed by atoms with Crippen LogP contribution in [0.4, 0.5) is 0 Å². The number of amides is 2. The summed E-state index contributed by atoms with van der Waals surface area (Å²) in [6, 6.07) is 7.18. The summed E-state index contributed by atoms with van der Waals surface area (Å²) in [4.78, 5) is 28.8. The number of hydrogen-bond donors (Lipinski definition) is 0. The molecule has 0 saturated carbocycles. The molecular formula is C20H27ClN2O3. The number of rotatable bonds is 5. The van der Waals surface area contributed by atoms with Gasteiger partial charge in [-0.05, 0) is 50.3 Å². The maximum atomic E-state index is 12.6. The van der Waals surface area contributed by atoms with Crippen molar-refractivity contribution < 1.29 is 14.3 Å². The number of likely N-dealkylation sites (tertiary alicyclic amines) is 2. The highest BCUT2D eigenvalue weighted by Crippen LogP contribution is 2.22. The van der Waals surface area contributed by atoms with Crippen molar-refractivity contribution in [3.8, 4) is 5.75 Å². The first-order chi connectivity index (χ1) is 12.6. The first-order valence-corrected chi connectivity index (χ1v) is 9.96. The molecule has 3 rings (SSSR count). The third-order valence-electron chi connectivity index (χ3n) is 5.25. The summed E-state index contributed by atoms with van der Waals surface area (Å²) in [5, 5.41) is 0.620. The molecule has 1 aromatic rings. The van der Waals surface area contributed by atoms with Gasteiger partial charge < -0.3 is 14.5 Å². The number of benzene rings is 1. The Labute approximate surface area is 160 Å². The van der Waals surface area contributed by atoms with Gasteiger partial charge in [0.1, 0.15) is 5.75 Å². The van der Waals surface area contributed by atoms with E-state index < -0.39 is 0 Å². The third kappa shape index (κ3) is 5.13. The fourth-order valence-electron chi connectivity index (χ4n) is 3.72. The molecule has 0 radical (unpaired) electrons. The van der Waals surface area contributed by atoms with Crippen LogP contribution in [0.15, 0.2) is 24.3 Å². The van der Waals surface area contributed by atoms with Gasteiger partial charge in [-0.2, -0.15) is 0 Å². The SMILES string of the molecule is O=C(CCOc1cccc(Cl)c1)N1CCC(C(=O)N2CCCCC2)CC1. The Bertz CT molecular complexity index is 623. The van der Waals surface area contributed by atoms with Crippen LogP contribution in [0, 0.1) is 5.92 Å². The quantitative estimate of drug-likeness (QED) is 0.789. The van der Waals surface area contributed by atoms with Crippen molar-refractivity contribution in [1.82, 2.24) is 9.80 Å². The molecule has 2 aliphatic heterocycles. The molecule has 142 valence electrons. The fourth-order valence-corrected chi connectivity index (χ4v) is 3.90. The highest BCUT2D eigenvalue weighted by atomic mass is 35.5. The number of piperidine rings is 2. The second kappa shape index (κ2) is 9.26. The largest absolute Gasteiger partial charge is 0.493 e. The number of halogens is 1. The molecule has 0 bridgehead atoms. The van der Waals surface area contributed by atoms with Crippen molar-refractivity contribution in [2.24, 2.45) is 5.92 Å². The summed E-state index contributed by atoms with van der Waals surface area (Å²) in [5.74, 6) is 1.15. The van der Waals surface area contributed by atoms with Crippen LogP contribution in [0.3, 0.4) is 0 Å². The maximum absolute atomic E-state index is 12.6. The average molecular weight is 379 g/mol. The predicted octanol–water partition coefficient (Wildman–Crippen LogP) is 3.36. The van der Waals surface area contributed by atoms with Gasteiger partial charge in [-0.3, -0.25) is 9.59 Å². The minimum atomic E-state index is 0.0832. The lowest BCUT2D eigenvalue weighted by atomic mass is 9.94. The van der Waals surface area contributed by atoms with Crippen LogP contribution in [-0.4, -0.2) is 54.4 Å². The Balaban J connectivity index is 1.38. The molecule has 26 heavy (non-hydrogen) atoms. The monoisotopic (exact) mass is 378 g/mol. The molecule has 2 amide bonds. The third-order valence-corrected chi connectivity index (χ3v) is 5.48. The van der Waals surface area contributed by atoms with Crippen LogP contribution in [0.25, 0.3) is 0 Å². The van der Waals surface area contributed by atoms with Crippen LogP contribution in [-0.2, 0) is 9.59 Å². The molecular weight excluding hydrogens is 352 g/mol. The van der Waals surface area contributed by atoms with E-state index in [1.54, 1.807) is 12.1 Å². The fraction of sp³-hybridized carbons (Fsp3) is 0.600. The van der Waals surface area contributed by atoms with Crippen molar-refractivity contribution in [2.45, 2.75) is 38.5 Å². The molecule has 0 aromatic heterocycles. The number of carbonyl (C=O) groups is 2. The molecule has 0 N–H and O–H groups in total.